The third-order valence-electron chi connectivity index (χ3n) is 4.47. The fourth-order valence-corrected chi connectivity index (χ4v) is 3.12. The van der Waals surface area contributed by atoms with Crippen LogP contribution in [0.15, 0.2) is 12.1 Å². The number of ether oxygens (including phenoxy) is 3. The van der Waals surface area contributed by atoms with Crippen molar-refractivity contribution in [3.8, 4) is 11.5 Å². The molecule has 0 aliphatic heterocycles. The molecule has 1 aromatic rings. The van der Waals surface area contributed by atoms with Crippen LogP contribution in [0.25, 0.3) is 0 Å². The molecular weight excluding hydrogens is 296 g/mol. The monoisotopic (exact) mass is 322 g/mol. The van der Waals surface area contributed by atoms with E-state index < -0.39 is 12.2 Å². The van der Waals surface area contributed by atoms with E-state index >= 15 is 0 Å². The molecule has 2 unspecified atom stereocenters. The minimum Gasteiger partial charge on any atom is -0.496 e. The summed E-state index contributed by atoms with van der Waals surface area (Å²) in [5.41, 5.74) is 1.50. The van der Waals surface area contributed by atoms with Crippen LogP contribution in [0, 0.1) is 6.92 Å². The Morgan fingerprint density at radius 3 is 2.26 bits per heavy atom. The van der Waals surface area contributed by atoms with Crippen LogP contribution in [0.1, 0.15) is 49.3 Å². The molecule has 0 amide bonds. The Morgan fingerprint density at radius 1 is 1.22 bits per heavy atom. The molecule has 1 aliphatic carbocycles. The van der Waals surface area contributed by atoms with Crippen molar-refractivity contribution in [2.75, 3.05) is 14.2 Å². The zero-order valence-corrected chi connectivity index (χ0v) is 14.1. The van der Waals surface area contributed by atoms with E-state index in [2.05, 4.69) is 0 Å². The number of hydrogen-bond acceptors (Lipinski definition) is 5. The zero-order chi connectivity index (χ0) is 16.8. The summed E-state index contributed by atoms with van der Waals surface area (Å²) in [5, 5.41) is 10.7. The van der Waals surface area contributed by atoms with Gasteiger partial charge in [0.15, 0.2) is 0 Å². The Hall–Kier alpha value is -1.59. The van der Waals surface area contributed by atoms with Crippen LogP contribution in [0.5, 0.6) is 11.5 Å². The predicted octanol–water partition coefficient (Wildman–Crippen LogP) is 2.96. The van der Waals surface area contributed by atoms with Gasteiger partial charge in [0.25, 0.3) is 0 Å². The number of aldehydes is 1. The van der Waals surface area contributed by atoms with Gasteiger partial charge in [-0.1, -0.05) is 12.8 Å². The van der Waals surface area contributed by atoms with Crippen LogP contribution in [0.4, 0.5) is 0 Å². The van der Waals surface area contributed by atoms with Gasteiger partial charge in [-0.15, -0.1) is 0 Å². The van der Waals surface area contributed by atoms with Crippen LogP contribution >= 0.6 is 0 Å². The highest BCUT2D eigenvalue weighted by Gasteiger charge is 2.28. The molecule has 2 rings (SSSR count). The topological polar surface area (TPSA) is 65.0 Å². The Labute approximate surface area is 137 Å². The van der Waals surface area contributed by atoms with Gasteiger partial charge in [0.2, 0.25) is 0 Å². The summed E-state index contributed by atoms with van der Waals surface area (Å²) in [7, 11) is 3.16. The SMILES string of the molecule is COc1cc(C(O)C(CC=O)OC2CCCC2)cc(OC)c1C. The molecule has 5 heteroatoms. The number of benzene rings is 1. The lowest BCUT2D eigenvalue weighted by molar-refractivity contribution is -0.118. The second-order valence-corrected chi connectivity index (χ2v) is 5.98. The minimum atomic E-state index is -0.899. The largest absolute Gasteiger partial charge is 0.496 e. The highest BCUT2D eigenvalue weighted by Crippen LogP contribution is 2.35. The molecule has 0 heterocycles. The first-order valence-corrected chi connectivity index (χ1v) is 8.10. The number of aliphatic hydroxyl groups is 1. The Bertz CT molecular complexity index is 497. The quantitative estimate of drug-likeness (QED) is 0.745. The van der Waals surface area contributed by atoms with Crippen molar-refractivity contribution in [2.24, 2.45) is 0 Å². The third kappa shape index (κ3) is 4.24. The smallest absolute Gasteiger partial charge is 0.125 e. The van der Waals surface area contributed by atoms with Gasteiger partial charge < -0.3 is 24.1 Å². The number of methoxy groups -OCH3 is 2. The lowest BCUT2D eigenvalue weighted by Crippen LogP contribution is -2.27. The second-order valence-electron chi connectivity index (χ2n) is 5.98. The highest BCUT2D eigenvalue weighted by atomic mass is 16.5. The first kappa shape index (κ1) is 17.8. The molecule has 5 nitrogen and oxygen atoms in total. The van der Waals surface area contributed by atoms with Crippen molar-refractivity contribution < 1.29 is 24.1 Å². The molecule has 1 aromatic carbocycles. The summed E-state index contributed by atoms with van der Waals surface area (Å²) in [6.07, 6.45) is 3.90. The van der Waals surface area contributed by atoms with E-state index in [1.807, 2.05) is 6.92 Å². The van der Waals surface area contributed by atoms with Crippen molar-refractivity contribution in [1.82, 2.24) is 0 Å². The second kappa shape index (κ2) is 8.31. The Balaban J connectivity index is 2.23. The van der Waals surface area contributed by atoms with Gasteiger partial charge >= 0.3 is 0 Å². The van der Waals surface area contributed by atoms with E-state index in [0.717, 1.165) is 37.5 Å². The van der Waals surface area contributed by atoms with Gasteiger partial charge in [-0.25, -0.2) is 0 Å². The van der Waals surface area contributed by atoms with Crippen LogP contribution in [-0.4, -0.2) is 37.8 Å². The van der Waals surface area contributed by atoms with Gasteiger partial charge in [-0.2, -0.15) is 0 Å². The standard InChI is InChI=1S/C18H26O5/c1-12-16(21-2)10-13(11-17(12)22-3)18(20)15(8-9-19)23-14-6-4-5-7-14/h9-11,14-15,18,20H,4-8H2,1-3H3. The molecule has 0 radical (unpaired) electrons. The maximum atomic E-state index is 11.0. The van der Waals surface area contributed by atoms with Crippen LogP contribution in [0.2, 0.25) is 0 Å². The number of carbonyl (C=O) groups is 1. The van der Waals surface area contributed by atoms with E-state index in [0.29, 0.717) is 17.1 Å². The number of rotatable bonds is 8. The molecule has 1 fully saturated rings. The zero-order valence-electron chi connectivity index (χ0n) is 14.1. The van der Waals surface area contributed by atoms with Crippen molar-refractivity contribution in [3.63, 3.8) is 0 Å². The van der Waals surface area contributed by atoms with Crippen LogP contribution < -0.4 is 9.47 Å². The minimum absolute atomic E-state index is 0.129. The number of hydrogen-bond donors (Lipinski definition) is 1. The Kier molecular flexibility index (Phi) is 6.42. The van der Waals surface area contributed by atoms with Crippen molar-refractivity contribution >= 4 is 6.29 Å². The first-order chi connectivity index (χ1) is 11.1. The summed E-state index contributed by atoms with van der Waals surface area (Å²) < 4.78 is 16.7. The van der Waals surface area contributed by atoms with E-state index in [4.69, 9.17) is 14.2 Å². The third-order valence-corrected chi connectivity index (χ3v) is 4.47. The predicted molar refractivity (Wildman–Crippen MR) is 87.1 cm³/mol. The first-order valence-electron chi connectivity index (χ1n) is 8.10. The lowest BCUT2D eigenvalue weighted by atomic mass is 9.99. The molecule has 0 bridgehead atoms. The highest BCUT2D eigenvalue weighted by molar-refractivity contribution is 5.51. The summed E-state index contributed by atoms with van der Waals surface area (Å²) in [6, 6.07) is 3.55. The lowest BCUT2D eigenvalue weighted by Gasteiger charge is -2.26. The van der Waals surface area contributed by atoms with E-state index in [-0.39, 0.29) is 12.5 Å². The molecule has 128 valence electrons. The van der Waals surface area contributed by atoms with E-state index in [1.165, 1.54) is 0 Å². The molecule has 0 aromatic heterocycles. The van der Waals surface area contributed by atoms with E-state index in [1.54, 1.807) is 26.4 Å². The normalized spacial score (nSPS) is 17.7. The molecule has 0 saturated heterocycles. The van der Waals surface area contributed by atoms with Crippen molar-refractivity contribution in [1.29, 1.82) is 0 Å². The summed E-state index contributed by atoms with van der Waals surface area (Å²) in [4.78, 5) is 11.0. The number of aliphatic hydroxyl groups excluding tert-OH is 1. The summed E-state index contributed by atoms with van der Waals surface area (Å²) >= 11 is 0. The van der Waals surface area contributed by atoms with Gasteiger partial charge in [0.05, 0.1) is 26.4 Å². The molecule has 23 heavy (non-hydrogen) atoms. The van der Waals surface area contributed by atoms with Gasteiger partial charge in [-0.05, 0) is 37.5 Å². The summed E-state index contributed by atoms with van der Waals surface area (Å²) in [5.74, 6) is 1.29. The molecule has 0 spiro atoms. The van der Waals surface area contributed by atoms with Gasteiger partial charge in [-0.3, -0.25) is 0 Å². The molecule has 1 saturated carbocycles. The number of carbonyl (C=O) groups excluding carboxylic acids is 1. The van der Waals surface area contributed by atoms with Gasteiger partial charge in [0, 0.05) is 12.0 Å². The molecule has 2 atom stereocenters. The Morgan fingerprint density at radius 2 is 1.78 bits per heavy atom. The fraction of sp³-hybridized carbons (Fsp3) is 0.611. The maximum absolute atomic E-state index is 11.0. The van der Waals surface area contributed by atoms with Gasteiger partial charge in [0.1, 0.15) is 23.9 Å². The van der Waals surface area contributed by atoms with E-state index in [9.17, 15) is 9.90 Å². The average Bonchev–Trinajstić information content (AvgIpc) is 3.07. The molecule has 1 aliphatic rings. The average molecular weight is 322 g/mol. The van der Waals surface area contributed by atoms with Crippen molar-refractivity contribution in [2.45, 2.75) is 57.3 Å². The molecule has 1 N–H and O–H groups in total. The fourth-order valence-electron chi connectivity index (χ4n) is 3.12. The summed E-state index contributed by atoms with van der Waals surface area (Å²) in [6.45, 7) is 1.89. The van der Waals surface area contributed by atoms with Crippen molar-refractivity contribution in [3.05, 3.63) is 23.3 Å². The van der Waals surface area contributed by atoms with Crippen LogP contribution in [-0.2, 0) is 9.53 Å². The molecular formula is C18H26O5. The van der Waals surface area contributed by atoms with Crippen LogP contribution in [0.3, 0.4) is 0 Å². The maximum Gasteiger partial charge on any atom is 0.125 e.